The van der Waals surface area contributed by atoms with Gasteiger partial charge in [0.15, 0.2) is 0 Å². The third-order valence-electron chi connectivity index (χ3n) is 3.70. The Morgan fingerprint density at radius 3 is 2.67 bits per heavy atom. The van der Waals surface area contributed by atoms with Gasteiger partial charge in [0.1, 0.15) is 6.04 Å². The van der Waals surface area contributed by atoms with Crippen molar-refractivity contribution in [2.24, 2.45) is 5.92 Å². The predicted molar refractivity (Wildman–Crippen MR) is 86.6 cm³/mol. The molecule has 0 aliphatic carbocycles. The number of amides is 1. The molecule has 21 heavy (non-hydrogen) atoms. The number of carboxylic acid groups (broad SMARTS) is 1. The predicted octanol–water partition coefficient (Wildman–Crippen LogP) is 1.82. The lowest BCUT2D eigenvalue weighted by Gasteiger charge is -2.32. The van der Waals surface area contributed by atoms with E-state index in [9.17, 15) is 14.7 Å². The van der Waals surface area contributed by atoms with Crippen molar-refractivity contribution >= 4 is 23.6 Å². The van der Waals surface area contributed by atoms with Crippen molar-refractivity contribution in [2.75, 3.05) is 24.6 Å². The van der Waals surface area contributed by atoms with Crippen molar-refractivity contribution < 1.29 is 14.7 Å². The van der Waals surface area contributed by atoms with Gasteiger partial charge in [-0.15, -0.1) is 0 Å². The maximum atomic E-state index is 12.0. The van der Waals surface area contributed by atoms with Gasteiger partial charge in [-0.3, -0.25) is 14.5 Å². The maximum absolute atomic E-state index is 12.0. The van der Waals surface area contributed by atoms with Crippen LogP contribution in [0.3, 0.4) is 0 Å². The maximum Gasteiger partial charge on any atom is 0.321 e. The van der Waals surface area contributed by atoms with Gasteiger partial charge in [-0.05, 0) is 19.3 Å². The highest BCUT2D eigenvalue weighted by Crippen LogP contribution is 2.16. The highest BCUT2D eigenvalue weighted by molar-refractivity contribution is 7.99. The van der Waals surface area contributed by atoms with Crippen LogP contribution in [-0.4, -0.2) is 58.6 Å². The first kappa shape index (κ1) is 18.3. The summed E-state index contributed by atoms with van der Waals surface area (Å²) in [6.07, 6.45) is 3.25. The third kappa shape index (κ3) is 7.18. The van der Waals surface area contributed by atoms with Crippen LogP contribution in [0.2, 0.25) is 0 Å². The first-order chi connectivity index (χ1) is 9.90. The van der Waals surface area contributed by atoms with Gasteiger partial charge in [-0.2, -0.15) is 11.8 Å². The lowest BCUT2D eigenvalue weighted by atomic mass is 10.0. The zero-order valence-electron chi connectivity index (χ0n) is 13.3. The average Bonchev–Trinajstić information content (AvgIpc) is 2.38. The van der Waals surface area contributed by atoms with Crippen LogP contribution in [0.15, 0.2) is 0 Å². The molecular weight excluding hydrogens is 288 g/mol. The fraction of sp³-hybridized carbons (Fsp3) is 0.867. The van der Waals surface area contributed by atoms with E-state index in [1.807, 2.05) is 6.92 Å². The molecule has 0 aromatic rings. The van der Waals surface area contributed by atoms with Crippen LogP contribution >= 0.6 is 11.8 Å². The number of nitrogens with zero attached hydrogens (tertiary/aromatic N) is 1. The highest BCUT2D eigenvalue weighted by Gasteiger charge is 2.30. The molecule has 1 fully saturated rings. The molecule has 0 bridgehead atoms. The van der Waals surface area contributed by atoms with Crippen molar-refractivity contribution in [3.63, 3.8) is 0 Å². The van der Waals surface area contributed by atoms with E-state index in [2.05, 4.69) is 19.2 Å². The molecule has 0 aromatic heterocycles. The minimum absolute atomic E-state index is 0.0646. The average molecular weight is 316 g/mol. The molecule has 2 unspecified atom stereocenters. The van der Waals surface area contributed by atoms with Gasteiger partial charge >= 0.3 is 5.97 Å². The second-order valence-electron chi connectivity index (χ2n) is 6.19. The number of hydrogen-bond donors (Lipinski definition) is 2. The number of aliphatic carboxylic acids is 1. The molecule has 6 heteroatoms. The van der Waals surface area contributed by atoms with E-state index in [4.69, 9.17) is 0 Å². The summed E-state index contributed by atoms with van der Waals surface area (Å²) in [7, 11) is 0. The Labute approximate surface area is 131 Å². The molecule has 5 nitrogen and oxygen atoms in total. The van der Waals surface area contributed by atoms with Crippen LogP contribution in [-0.2, 0) is 9.59 Å². The first-order valence-electron chi connectivity index (χ1n) is 7.74. The molecule has 2 N–H and O–H groups in total. The zero-order valence-corrected chi connectivity index (χ0v) is 14.1. The summed E-state index contributed by atoms with van der Waals surface area (Å²) in [5.74, 6) is 1.24. The molecule has 0 aromatic carbocycles. The lowest BCUT2D eigenvalue weighted by molar-refractivity contribution is -0.143. The highest BCUT2D eigenvalue weighted by atomic mass is 32.2. The summed E-state index contributed by atoms with van der Waals surface area (Å²) in [6, 6.07) is -0.385. The second-order valence-corrected chi connectivity index (χ2v) is 7.34. The van der Waals surface area contributed by atoms with Crippen LogP contribution in [0.5, 0.6) is 0 Å². The molecule has 0 radical (unpaired) electrons. The number of carboxylic acids is 1. The summed E-state index contributed by atoms with van der Waals surface area (Å²) >= 11 is 1.64. The molecule has 1 aliphatic rings. The van der Waals surface area contributed by atoms with Gasteiger partial charge in [0.25, 0.3) is 0 Å². The Balaban J connectivity index is 2.32. The number of thioether (sulfide) groups is 1. The third-order valence-corrected chi connectivity index (χ3v) is 4.72. The Morgan fingerprint density at radius 2 is 2.05 bits per heavy atom. The smallest absolute Gasteiger partial charge is 0.321 e. The summed E-state index contributed by atoms with van der Waals surface area (Å²) in [6.45, 7) is 7.26. The van der Waals surface area contributed by atoms with Gasteiger partial charge in [-0.1, -0.05) is 26.7 Å². The van der Waals surface area contributed by atoms with Crippen LogP contribution in [0.25, 0.3) is 0 Å². The van der Waals surface area contributed by atoms with E-state index in [0.717, 1.165) is 18.6 Å². The Bertz CT molecular complexity index is 350. The number of hydrogen-bond acceptors (Lipinski definition) is 4. The summed E-state index contributed by atoms with van der Waals surface area (Å²) in [5.41, 5.74) is 0. The first-order valence-corrected chi connectivity index (χ1v) is 8.89. The standard InChI is InChI=1S/C15H28N2O3S/c1-11(2)5-4-6-12(3)16-14(18)9-17-7-8-21-10-13(17)15(19)20/h11-13H,4-10H2,1-3H3,(H,16,18)(H,19,20). The van der Waals surface area contributed by atoms with Crippen LogP contribution in [0.4, 0.5) is 0 Å². The Hall–Kier alpha value is -0.750. The number of carbonyl (C=O) groups excluding carboxylic acids is 1. The number of carbonyl (C=O) groups is 2. The minimum Gasteiger partial charge on any atom is -0.480 e. The van der Waals surface area contributed by atoms with Crippen molar-refractivity contribution in [1.82, 2.24) is 10.2 Å². The van der Waals surface area contributed by atoms with E-state index in [1.54, 1.807) is 16.7 Å². The molecule has 1 heterocycles. The fourth-order valence-electron chi connectivity index (χ4n) is 2.46. The quantitative estimate of drug-likeness (QED) is 0.715. The van der Waals surface area contributed by atoms with Crippen LogP contribution in [0, 0.1) is 5.92 Å². The van der Waals surface area contributed by atoms with Gasteiger partial charge in [0.2, 0.25) is 5.91 Å². The van der Waals surface area contributed by atoms with E-state index in [1.165, 1.54) is 6.42 Å². The molecule has 2 atom stereocenters. The van der Waals surface area contributed by atoms with Gasteiger partial charge in [-0.25, -0.2) is 0 Å². The molecule has 0 spiro atoms. The monoisotopic (exact) mass is 316 g/mol. The second kappa shape index (κ2) is 9.30. The largest absolute Gasteiger partial charge is 0.480 e. The van der Waals surface area contributed by atoms with Gasteiger partial charge in [0, 0.05) is 24.1 Å². The van der Waals surface area contributed by atoms with E-state index >= 15 is 0 Å². The van der Waals surface area contributed by atoms with E-state index < -0.39 is 12.0 Å². The van der Waals surface area contributed by atoms with E-state index in [0.29, 0.717) is 18.2 Å². The Morgan fingerprint density at radius 1 is 1.33 bits per heavy atom. The van der Waals surface area contributed by atoms with Crippen molar-refractivity contribution in [1.29, 1.82) is 0 Å². The van der Waals surface area contributed by atoms with Gasteiger partial charge < -0.3 is 10.4 Å². The Kier molecular flexibility index (Phi) is 8.11. The normalized spacial score (nSPS) is 21.2. The fourth-order valence-corrected chi connectivity index (χ4v) is 3.57. The summed E-state index contributed by atoms with van der Waals surface area (Å²) in [4.78, 5) is 25.0. The molecule has 122 valence electrons. The van der Waals surface area contributed by atoms with E-state index in [-0.39, 0.29) is 18.5 Å². The molecular formula is C15H28N2O3S. The SMILES string of the molecule is CC(C)CCCC(C)NC(=O)CN1CCSCC1C(=O)O. The molecule has 1 amide bonds. The number of nitrogens with one attached hydrogen (secondary N) is 1. The molecule has 1 aliphatic heterocycles. The molecule has 1 rings (SSSR count). The van der Waals surface area contributed by atoms with Crippen molar-refractivity contribution in [3.8, 4) is 0 Å². The molecule has 0 saturated carbocycles. The topological polar surface area (TPSA) is 69.6 Å². The number of rotatable bonds is 8. The summed E-state index contributed by atoms with van der Waals surface area (Å²) in [5, 5.41) is 12.2. The summed E-state index contributed by atoms with van der Waals surface area (Å²) < 4.78 is 0. The van der Waals surface area contributed by atoms with Crippen molar-refractivity contribution in [3.05, 3.63) is 0 Å². The zero-order chi connectivity index (χ0) is 15.8. The minimum atomic E-state index is -0.833. The van der Waals surface area contributed by atoms with Crippen LogP contribution in [0.1, 0.15) is 40.0 Å². The lowest BCUT2D eigenvalue weighted by Crippen LogP contribution is -2.51. The van der Waals surface area contributed by atoms with Gasteiger partial charge in [0.05, 0.1) is 6.54 Å². The molecule has 1 saturated heterocycles. The van der Waals surface area contributed by atoms with Crippen molar-refractivity contribution in [2.45, 2.75) is 52.1 Å². The van der Waals surface area contributed by atoms with Crippen LogP contribution < -0.4 is 5.32 Å².